The minimum absolute atomic E-state index is 0.0419. The van der Waals surface area contributed by atoms with Crippen LogP contribution in [0.3, 0.4) is 0 Å². The van der Waals surface area contributed by atoms with Crippen molar-refractivity contribution in [3.05, 3.63) is 71.5 Å². The van der Waals surface area contributed by atoms with Crippen LogP contribution in [0, 0.1) is 0 Å². The quantitative estimate of drug-likeness (QED) is 0.723. The molecule has 3 heterocycles. The number of rotatable bonds is 4. The van der Waals surface area contributed by atoms with Crippen molar-refractivity contribution >= 4 is 17.5 Å². The Balaban J connectivity index is 1.38. The zero-order chi connectivity index (χ0) is 18.6. The Bertz CT molecular complexity index is 924. The lowest BCUT2D eigenvalue weighted by Gasteiger charge is -2.17. The van der Waals surface area contributed by atoms with Crippen molar-refractivity contribution in [3.8, 4) is 11.5 Å². The summed E-state index contributed by atoms with van der Waals surface area (Å²) < 4.78 is 7.73. The maximum atomic E-state index is 12.5. The van der Waals surface area contributed by atoms with Gasteiger partial charge >= 0.3 is 0 Å². The van der Waals surface area contributed by atoms with E-state index in [0.717, 1.165) is 5.82 Å². The Morgan fingerprint density at radius 1 is 1.19 bits per heavy atom. The fraction of sp³-hybridized carbons (Fsp3) is 0.211. The summed E-state index contributed by atoms with van der Waals surface area (Å²) in [5.41, 5.74) is 0.341. The van der Waals surface area contributed by atoms with Crippen LogP contribution in [0.15, 0.2) is 55.0 Å². The fourth-order valence-corrected chi connectivity index (χ4v) is 3.03. The molecule has 1 aromatic carbocycles. The summed E-state index contributed by atoms with van der Waals surface area (Å²) in [5, 5.41) is 6.94. The number of amides is 1. The molecule has 2 N–H and O–H groups in total. The van der Waals surface area contributed by atoms with E-state index in [0.29, 0.717) is 41.8 Å². The standard InChI is InChI=1S/C19H18ClN5O2/c20-13-1-3-15(4-2-13)27-16-5-6-17(23-10-16)19(26)24-14-9-21-11-18-22-7-8-25(18)12-14/h1-8,10,14,21H,9,11-12H2,(H,24,26). The van der Waals surface area contributed by atoms with Gasteiger partial charge in [0, 0.05) is 30.5 Å². The van der Waals surface area contributed by atoms with Crippen LogP contribution in [0.25, 0.3) is 0 Å². The van der Waals surface area contributed by atoms with Crippen LogP contribution < -0.4 is 15.4 Å². The van der Waals surface area contributed by atoms with Crippen molar-refractivity contribution < 1.29 is 9.53 Å². The Morgan fingerprint density at radius 2 is 2.00 bits per heavy atom. The van der Waals surface area contributed by atoms with Crippen molar-refractivity contribution in [3.63, 3.8) is 0 Å². The molecule has 7 nitrogen and oxygen atoms in total. The van der Waals surface area contributed by atoms with E-state index < -0.39 is 0 Å². The number of halogens is 1. The van der Waals surface area contributed by atoms with Gasteiger partial charge in [0.05, 0.1) is 18.8 Å². The molecular weight excluding hydrogens is 366 g/mol. The number of imidazole rings is 1. The lowest BCUT2D eigenvalue weighted by Crippen LogP contribution is -2.43. The number of carbonyl (C=O) groups is 1. The van der Waals surface area contributed by atoms with E-state index in [1.807, 2.05) is 10.8 Å². The number of aromatic nitrogens is 3. The van der Waals surface area contributed by atoms with Gasteiger partial charge in [-0.25, -0.2) is 9.97 Å². The zero-order valence-electron chi connectivity index (χ0n) is 14.4. The topological polar surface area (TPSA) is 81.1 Å². The molecule has 0 bridgehead atoms. The summed E-state index contributed by atoms with van der Waals surface area (Å²) in [6, 6.07) is 10.4. The zero-order valence-corrected chi connectivity index (χ0v) is 15.2. The second-order valence-corrected chi connectivity index (χ2v) is 6.67. The van der Waals surface area contributed by atoms with Gasteiger partial charge in [-0.15, -0.1) is 0 Å². The monoisotopic (exact) mass is 383 g/mol. The average Bonchev–Trinajstić information content (AvgIpc) is 3.02. The third kappa shape index (κ3) is 4.27. The molecule has 2 aromatic heterocycles. The highest BCUT2D eigenvalue weighted by Gasteiger charge is 2.19. The molecule has 1 unspecified atom stereocenters. The number of benzene rings is 1. The number of hydrogen-bond donors (Lipinski definition) is 2. The molecule has 1 aliphatic heterocycles. The molecule has 0 radical (unpaired) electrons. The first-order valence-corrected chi connectivity index (χ1v) is 8.96. The minimum Gasteiger partial charge on any atom is -0.456 e. The van der Waals surface area contributed by atoms with Gasteiger partial charge < -0.3 is 19.9 Å². The number of pyridine rings is 1. The van der Waals surface area contributed by atoms with Gasteiger partial charge in [0.25, 0.3) is 5.91 Å². The number of hydrogen-bond acceptors (Lipinski definition) is 5. The number of fused-ring (bicyclic) bond motifs is 1. The van der Waals surface area contributed by atoms with Gasteiger partial charge in [-0.1, -0.05) is 11.6 Å². The molecule has 1 aliphatic rings. The van der Waals surface area contributed by atoms with Crippen molar-refractivity contribution in [2.24, 2.45) is 0 Å². The highest BCUT2D eigenvalue weighted by molar-refractivity contribution is 6.30. The van der Waals surface area contributed by atoms with Crippen molar-refractivity contribution in [1.82, 2.24) is 25.2 Å². The Labute approximate surface area is 161 Å². The predicted molar refractivity (Wildman–Crippen MR) is 101 cm³/mol. The Hall–Kier alpha value is -2.90. The van der Waals surface area contributed by atoms with E-state index in [1.54, 1.807) is 42.6 Å². The largest absolute Gasteiger partial charge is 0.456 e. The summed E-state index contributed by atoms with van der Waals surface area (Å²) in [6.45, 7) is 2.03. The summed E-state index contributed by atoms with van der Waals surface area (Å²) >= 11 is 5.86. The highest BCUT2D eigenvalue weighted by atomic mass is 35.5. The Morgan fingerprint density at radius 3 is 2.78 bits per heavy atom. The van der Waals surface area contributed by atoms with Gasteiger partial charge in [-0.2, -0.15) is 0 Å². The van der Waals surface area contributed by atoms with Gasteiger partial charge in [0.1, 0.15) is 23.0 Å². The van der Waals surface area contributed by atoms with Gasteiger partial charge in [-0.05, 0) is 36.4 Å². The molecule has 4 rings (SSSR count). The van der Waals surface area contributed by atoms with Crippen molar-refractivity contribution in [2.75, 3.05) is 6.54 Å². The second kappa shape index (κ2) is 7.77. The van der Waals surface area contributed by atoms with E-state index in [-0.39, 0.29) is 11.9 Å². The van der Waals surface area contributed by atoms with Crippen LogP contribution in [0.5, 0.6) is 11.5 Å². The number of nitrogens with one attached hydrogen (secondary N) is 2. The molecule has 1 atom stereocenters. The van der Waals surface area contributed by atoms with Crippen LogP contribution >= 0.6 is 11.6 Å². The fourth-order valence-electron chi connectivity index (χ4n) is 2.90. The first-order valence-electron chi connectivity index (χ1n) is 8.58. The smallest absolute Gasteiger partial charge is 0.270 e. The predicted octanol–water partition coefficient (Wildman–Crippen LogP) is 2.63. The molecule has 0 fully saturated rings. The van der Waals surface area contributed by atoms with Crippen molar-refractivity contribution in [2.45, 2.75) is 19.1 Å². The number of ether oxygens (including phenoxy) is 1. The Kier molecular flexibility index (Phi) is 5.04. The van der Waals surface area contributed by atoms with E-state index in [2.05, 4.69) is 20.6 Å². The highest BCUT2D eigenvalue weighted by Crippen LogP contribution is 2.22. The van der Waals surface area contributed by atoms with E-state index in [9.17, 15) is 4.79 Å². The third-order valence-electron chi connectivity index (χ3n) is 4.25. The van der Waals surface area contributed by atoms with E-state index in [1.165, 1.54) is 6.20 Å². The lowest BCUT2D eigenvalue weighted by atomic mass is 10.2. The summed E-state index contributed by atoms with van der Waals surface area (Å²) in [4.78, 5) is 21.0. The molecule has 0 saturated heterocycles. The average molecular weight is 384 g/mol. The SMILES string of the molecule is O=C(NC1CNCc2nccn2C1)c1ccc(Oc2ccc(Cl)cc2)cn1. The maximum absolute atomic E-state index is 12.5. The molecule has 0 saturated carbocycles. The molecule has 8 heteroatoms. The van der Waals surface area contributed by atoms with E-state index >= 15 is 0 Å². The molecule has 3 aromatic rings. The van der Waals surface area contributed by atoms with Crippen LogP contribution in [-0.4, -0.2) is 33.0 Å². The molecule has 1 amide bonds. The molecule has 27 heavy (non-hydrogen) atoms. The van der Waals surface area contributed by atoms with Gasteiger partial charge in [0.15, 0.2) is 0 Å². The number of carbonyl (C=O) groups excluding carboxylic acids is 1. The first kappa shape index (κ1) is 17.5. The second-order valence-electron chi connectivity index (χ2n) is 6.23. The summed E-state index contributed by atoms with van der Waals surface area (Å²) in [7, 11) is 0. The van der Waals surface area contributed by atoms with Gasteiger partial charge in [-0.3, -0.25) is 4.79 Å². The van der Waals surface area contributed by atoms with Crippen molar-refractivity contribution in [1.29, 1.82) is 0 Å². The molecule has 138 valence electrons. The van der Waals surface area contributed by atoms with E-state index in [4.69, 9.17) is 16.3 Å². The third-order valence-corrected chi connectivity index (χ3v) is 4.50. The van der Waals surface area contributed by atoms with Crippen LogP contribution in [-0.2, 0) is 13.1 Å². The van der Waals surface area contributed by atoms with Gasteiger partial charge in [0.2, 0.25) is 0 Å². The summed E-state index contributed by atoms with van der Waals surface area (Å²) in [6.07, 6.45) is 5.22. The maximum Gasteiger partial charge on any atom is 0.270 e. The molecule has 0 aliphatic carbocycles. The lowest BCUT2D eigenvalue weighted by molar-refractivity contribution is 0.0928. The normalized spacial score (nSPS) is 16.3. The van der Waals surface area contributed by atoms with Crippen LogP contribution in [0.1, 0.15) is 16.3 Å². The molecular formula is C19H18ClN5O2. The van der Waals surface area contributed by atoms with Crippen LogP contribution in [0.4, 0.5) is 0 Å². The summed E-state index contributed by atoms with van der Waals surface area (Å²) in [5.74, 6) is 1.95. The van der Waals surface area contributed by atoms with Crippen LogP contribution in [0.2, 0.25) is 5.02 Å². The number of nitrogens with zero attached hydrogens (tertiary/aromatic N) is 3. The first-order chi connectivity index (χ1) is 13.2. The molecule has 0 spiro atoms. The minimum atomic E-state index is -0.219.